The van der Waals surface area contributed by atoms with Gasteiger partial charge in [-0.2, -0.15) is 0 Å². The third kappa shape index (κ3) is 329. The van der Waals surface area contributed by atoms with Crippen molar-refractivity contribution in [3.8, 4) is 0 Å². The standard InChI is InChI=1S/3HNO2.NO.2H2O.Ru/c3*2-1-3;1-2;;;/h3*(H,2,3);;2*1H2;/q;;;-1;;;+1/p-3. The second-order valence-corrected chi connectivity index (χ2v) is 0.224. The van der Waals surface area contributed by atoms with Crippen molar-refractivity contribution >= 4 is 0 Å². The molecule has 0 aliphatic carbocycles. The molecule has 0 aromatic carbocycles. The molecular weight excluding hydrogens is 301 g/mol. The molecular formula is H4N4O9Ru-3. The maximum atomic E-state index is 8.00. The second kappa shape index (κ2) is 672. The van der Waals surface area contributed by atoms with Crippen molar-refractivity contribution in [2.75, 3.05) is 0 Å². The predicted molar refractivity (Wildman–Crippen MR) is 41.4 cm³/mol. The fourth-order valence-corrected chi connectivity index (χ4v) is 0. The molecule has 14 heavy (non-hydrogen) atoms. The van der Waals surface area contributed by atoms with Gasteiger partial charge in [-0.25, -0.2) is 0 Å². The number of hydrogen-bond acceptors (Lipinski definition) is 10. The van der Waals surface area contributed by atoms with Gasteiger partial charge in [-0.05, 0) is 0 Å². The topological polar surface area (TPSA) is 260 Å². The van der Waals surface area contributed by atoms with E-state index in [0.717, 1.165) is 16.0 Å². The SMILES string of the molecule is O.O.O=N[O-].O=N[O-].O=N[O-].[N-]=O.[Ru+]. The Balaban J connectivity index is -0.00000000880. The van der Waals surface area contributed by atoms with Crippen LogP contribution in [0.15, 0.2) is 16.0 Å². The van der Waals surface area contributed by atoms with Crippen molar-refractivity contribution in [1.82, 2.24) is 0 Å². The van der Waals surface area contributed by atoms with Crippen LogP contribution in [0.3, 0.4) is 0 Å². The van der Waals surface area contributed by atoms with E-state index in [1.54, 1.807) is 0 Å². The van der Waals surface area contributed by atoms with E-state index in [9.17, 15) is 0 Å². The van der Waals surface area contributed by atoms with Crippen LogP contribution in [0.1, 0.15) is 0 Å². The van der Waals surface area contributed by atoms with E-state index >= 15 is 0 Å². The zero-order valence-electron chi connectivity index (χ0n) is 6.00. The summed E-state index contributed by atoms with van der Waals surface area (Å²) in [4.78, 5) is 31.2. The Hall–Kier alpha value is -1.66. The molecule has 0 atom stereocenters. The largest absolute Gasteiger partial charge is 1.00 e. The molecule has 0 spiro atoms. The minimum absolute atomic E-state index is 0. The molecule has 14 heteroatoms. The molecule has 0 saturated carbocycles. The van der Waals surface area contributed by atoms with Crippen molar-refractivity contribution < 1.29 is 30.4 Å². The van der Waals surface area contributed by atoms with Gasteiger partial charge in [0.2, 0.25) is 0 Å². The molecule has 0 aromatic heterocycles. The van der Waals surface area contributed by atoms with Gasteiger partial charge in [0, 0.05) is 0 Å². The summed E-state index contributed by atoms with van der Waals surface area (Å²) in [5, 5.41) is 27.0. The zero-order chi connectivity index (χ0) is 10.1. The van der Waals surface area contributed by atoms with Crippen LogP contribution in [0.4, 0.5) is 0 Å². The Morgan fingerprint density at radius 1 is 0.714 bits per heavy atom. The Labute approximate surface area is 88.1 Å². The number of hydrogen-bond donors (Lipinski definition) is 0. The van der Waals surface area contributed by atoms with E-state index in [1.807, 2.05) is 0 Å². The fraction of sp³-hybridized carbons (Fsp3) is 0. The van der Waals surface area contributed by atoms with Crippen LogP contribution >= 0.6 is 0 Å². The molecule has 13 nitrogen and oxygen atoms in total. The van der Waals surface area contributed by atoms with Gasteiger partial charge in [-0.15, -0.1) is 16.0 Å². The minimum Gasteiger partial charge on any atom is -0.577 e. The minimum atomic E-state index is 0. The molecule has 0 aliphatic rings. The van der Waals surface area contributed by atoms with Gasteiger partial charge in [0.25, 0.3) is 0 Å². The van der Waals surface area contributed by atoms with Crippen LogP contribution in [-0.4, -0.2) is 11.0 Å². The van der Waals surface area contributed by atoms with Crippen LogP contribution in [0.25, 0.3) is 5.59 Å². The quantitative estimate of drug-likeness (QED) is 0.318. The molecule has 89 valence electrons. The zero-order valence-corrected chi connectivity index (χ0v) is 7.74. The summed E-state index contributed by atoms with van der Waals surface area (Å²) in [6.45, 7) is 0. The molecule has 0 fully saturated rings. The molecule has 0 aliphatic heterocycles. The van der Waals surface area contributed by atoms with Gasteiger partial charge >= 0.3 is 19.5 Å². The van der Waals surface area contributed by atoms with E-state index in [4.69, 9.17) is 40.8 Å². The summed E-state index contributed by atoms with van der Waals surface area (Å²) in [6, 6.07) is 0. The number of rotatable bonds is 0. The van der Waals surface area contributed by atoms with Crippen LogP contribution in [0, 0.1) is 35.3 Å². The number of nitrogens with zero attached hydrogens (tertiary/aromatic N) is 4. The summed E-state index contributed by atoms with van der Waals surface area (Å²) >= 11 is 0. The average molecular weight is 305 g/mol. The predicted octanol–water partition coefficient (Wildman–Crippen LogP) is -0.578. The van der Waals surface area contributed by atoms with E-state index in [1.165, 1.54) is 0 Å². The Morgan fingerprint density at radius 3 is 0.714 bits per heavy atom. The van der Waals surface area contributed by atoms with Gasteiger partial charge in [0.05, 0.1) is 0 Å². The van der Waals surface area contributed by atoms with Crippen molar-refractivity contribution in [2.24, 2.45) is 16.0 Å². The molecule has 4 N–H and O–H groups in total. The monoisotopic (exact) mass is 306 g/mol. The van der Waals surface area contributed by atoms with Gasteiger partial charge in [-0.3, -0.25) is 0 Å². The Bertz CT molecular complexity index is 62.9. The van der Waals surface area contributed by atoms with Gasteiger partial charge < -0.3 is 51.8 Å². The van der Waals surface area contributed by atoms with Crippen molar-refractivity contribution in [3.05, 3.63) is 40.8 Å². The van der Waals surface area contributed by atoms with Crippen LogP contribution < -0.4 is 0 Å². The Kier molecular flexibility index (Phi) is 2670. The van der Waals surface area contributed by atoms with Gasteiger partial charge in [0.1, 0.15) is 0 Å². The van der Waals surface area contributed by atoms with Crippen molar-refractivity contribution in [3.63, 3.8) is 0 Å². The molecule has 0 saturated heterocycles. The van der Waals surface area contributed by atoms with Crippen molar-refractivity contribution in [2.45, 2.75) is 0 Å². The van der Waals surface area contributed by atoms with Crippen LogP contribution in [-0.2, 0) is 19.5 Å². The Morgan fingerprint density at radius 2 is 0.714 bits per heavy atom. The van der Waals surface area contributed by atoms with Crippen LogP contribution in [0.2, 0.25) is 0 Å². The molecule has 0 heterocycles. The summed E-state index contributed by atoms with van der Waals surface area (Å²) < 4.78 is 0. The molecule has 0 amide bonds. The van der Waals surface area contributed by atoms with E-state index in [2.05, 4.69) is 0 Å². The average Bonchev–Trinajstić information content (AvgIpc) is 1.96. The summed E-state index contributed by atoms with van der Waals surface area (Å²) in [5.41, 5.74) is 5.75. The first kappa shape index (κ1) is 55.6. The van der Waals surface area contributed by atoms with E-state index < -0.39 is 0 Å². The van der Waals surface area contributed by atoms with Crippen LogP contribution in [0.5, 0.6) is 0 Å². The second-order valence-electron chi connectivity index (χ2n) is 0.224. The van der Waals surface area contributed by atoms with E-state index in [-0.39, 0.29) is 30.4 Å². The first-order valence-corrected chi connectivity index (χ1v) is 1.28. The fourth-order valence-electron chi connectivity index (χ4n) is 0. The van der Waals surface area contributed by atoms with Gasteiger partial charge in [-0.1, -0.05) is 0 Å². The third-order valence-corrected chi connectivity index (χ3v) is 0. The summed E-state index contributed by atoms with van der Waals surface area (Å²) in [7, 11) is 0. The maximum Gasteiger partial charge on any atom is 1.00 e. The first-order valence-electron chi connectivity index (χ1n) is 1.28. The smallest absolute Gasteiger partial charge is 0.577 e. The van der Waals surface area contributed by atoms with E-state index in [0.29, 0.717) is 0 Å². The molecule has 0 rings (SSSR count). The normalized spacial score (nSPS) is 2.86. The summed E-state index contributed by atoms with van der Waals surface area (Å²) in [6.07, 6.45) is 0. The number of nitroso groups, excluding NO2 is 1. The molecule has 0 bridgehead atoms. The maximum absolute atomic E-state index is 8.00. The van der Waals surface area contributed by atoms with Crippen molar-refractivity contribution in [1.29, 1.82) is 0 Å². The van der Waals surface area contributed by atoms with Gasteiger partial charge in [0.15, 0.2) is 0 Å². The molecule has 0 unspecified atom stereocenters. The third-order valence-electron chi connectivity index (χ3n) is 0. The summed E-state index contributed by atoms with van der Waals surface area (Å²) in [5.74, 6) is 0. The molecule has 1 radical (unpaired) electrons. The molecule has 0 aromatic rings. The first-order chi connectivity index (χ1) is 5.24.